The van der Waals surface area contributed by atoms with Crippen molar-refractivity contribution in [2.75, 3.05) is 36.4 Å². The van der Waals surface area contributed by atoms with E-state index in [4.69, 9.17) is 0 Å². The first-order valence-electron chi connectivity index (χ1n) is 9.73. The average molecular weight is 447 g/mol. The molecule has 0 atom stereocenters. The minimum atomic E-state index is -4.40. The number of piperazine rings is 1. The molecule has 6 nitrogen and oxygen atoms in total. The van der Waals surface area contributed by atoms with Gasteiger partial charge < -0.3 is 15.1 Å². The van der Waals surface area contributed by atoms with Gasteiger partial charge in [0.2, 0.25) is 5.13 Å². The van der Waals surface area contributed by atoms with Gasteiger partial charge in [-0.1, -0.05) is 30.3 Å². The van der Waals surface area contributed by atoms with Gasteiger partial charge in [0.25, 0.3) is 0 Å². The van der Waals surface area contributed by atoms with Gasteiger partial charge in [0.05, 0.1) is 5.56 Å². The summed E-state index contributed by atoms with van der Waals surface area (Å²) in [5.74, 6) is 0.772. The minimum absolute atomic E-state index is 0.329. The lowest BCUT2D eigenvalue weighted by molar-refractivity contribution is -0.137. The lowest BCUT2D eigenvalue weighted by atomic mass is 10.1. The Labute approximate surface area is 181 Å². The zero-order valence-electron chi connectivity index (χ0n) is 16.5. The number of hydrogen-bond donors (Lipinski definition) is 1. The van der Waals surface area contributed by atoms with Crippen LogP contribution in [-0.4, -0.2) is 46.5 Å². The van der Waals surface area contributed by atoms with Crippen molar-refractivity contribution in [3.63, 3.8) is 0 Å². The van der Waals surface area contributed by atoms with Crippen molar-refractivity contribution in [1.29, 1.82) is 0 Å². The summed E-state index contributed by atoms with van der Waals surface area (Å²) >= 11 is 1.34. The molecule has 2 aromatic carbocycles. The molecular weight excluding hydrogens is 427 g/mol. The Kier molecular flexibility index (Phi) is 6.08. The van der Waals surface area contributed by atoms with Crippen molar-refractivity contribution in [1.82, 2.24) is 14.3 Å². The number of alkyl halides is 3. The van der Waals surface area contributed by atoms with Crippen LogP contribution < -0.4 is 10.2 Å². The highest BCUT2D eigenvalue weighted by atomic mass is 32.1. The van der Waals surface area contributed by atoms with Gasteiger partial charge in [-0.3, -0.25) is 0 Å². The summed E-state index contributed by atoms with van der Waals surface area (Å²) in [4.78, 5) is 20.8. The monoisotopic (exact) mass is 447 g/mol. The minimum Gasteiger partial charge on any atom is -0.343 e. The maximum absolute atomic E-state index is 12.7. The van der Waals surface area contributed by atoms with E-state index in [2.05, 4.69) is 19.6 Å². The predicted molar refractivity (Wildman–Crippen MR) is 113 cm³/mol. The fourth-order valence-corrected chi connectivity index (χ4v) is 4.01. The fraction of sp³-hybridized carbons (Fsp3) is 0.286. The number of rotatable bonds is 4. The SMILES string of the molecule is O=C(Nc1ccc(C(F)(F)F)cc1)N1CCN(c2nc(Cc3ccccc3)ns2)CC1. The van der Waals surface area contributed by atoms with Crippen molar-refractivity contribution >= 4 is 28.4 Å². The van der Waals surface area contributed by atoms with E-state index >= 15 is 0 Å². The highest BCUT2D eigenvalue weighted by Gasteiger charge is 2.30. The summed E-state index contributed by atoms with van der Waals surface area (Å²) in [6.45, 7) is 2.20. The van der Waals surface area contributed by atoms with Crippen molar-refractivity contribution in [2.45, 2.75) is 12.6 Å². The molecule has 1 aliphatic heterocycles. The summed E-state index contributed by atoms with van der Waals surface area (Å²) in [6.07, 6.45) is -3.72. The van der Waals surface area contributed by atoms with E-state index in [0.29, 0.717) is 38.3 Å². The van der Waals surface area contributed by atoms with E-state index in [1.165, 1.54) is 23.7 Å². The lowest BCUT2D eigenvalue weighted by Crippen LogP contribution is -2.50. The zero-order chi connectivity index (χ0) is 21.8. The molecule has 4 rings (SSSR count). The van der Waals surface area contributed by atoms with Crippen LogP contribution >= 0.6 is 11.5 Å². The fourth-order valence-electron chi connectivity index (χ4n) is 3.27. The topological polar surface area (TPSA) is 61.4 Å². The smallest absolute Gasteiger partial charge is 0.343 e. The van der Waals surface area contributed by atoms with Gasteiger partial charge >= 0.3 is 12.2 Å². The van der Waals surface area contributed by atoms with Crippen LogP contribution in [-0.2, 0) is 12.6 Å². The maximum atomic E-state index is 12.7. The Hall–Kier alpha value is -3.14. The van der Waals surface area contributed by atoms with Gasteiger partial charge in [-0.25, -0.2) is 9.78 Å². The Morgan fingerprint density at radius 1 is 1.00 bits per heavy atom. The largest absolute Gasteiger partial charge is 0.416 e. The number of nitrogens with one attached hydrogen (secondary N) is 1. The molecule has 0 unspecified atom stereocenters. The molecule has 10 heteroatoms. The molecule has 2 amide bonds. The molecule has 1 saturated heterocycles. The van der Waals surface area contributed by atoms with Crippen LogP contribution in [0.15, 0.2) is 54.6 Å². The first-order valence-corrected chi connectivity index (χ1v) is 10.5. The number of amides is 2. The molecular formula is C21H20F3N5OS. The Morgan fingerprint density at radius 3 is 2.32 bits per heavy atom. The van der Waals surface area contributed by atoms with Crippen LogP contribution in [0.4, 0.5) is 28.8 Å². The third kappa shape index (κ3) is 5.32. The number of halogens is 3. The first kappa shape index (κ1) is 21.1. The second-order valence-corrected chi connectivity index (χ2v) is 7.87. The standard InChI is InChI=1S/C21H20F3N5OS/c22-21(23,24)16-6-8-17(9-7-16)25-19(30)28-10-12-29(13-11-28)20-26-18(27-31-20)14-15-4-2-1-3-5-15/h1-9H,10-14H2,(H,25,30). The van der Waals surface area contributed by atoms with E-state index in [1.54, 1.807) is 4.90 Å². The third-order valence-electron chi connectivity index (χ3n) is 4.96. The summed E-state index contributed by atoms with van der Waals surface area (Å²) in [5, 5.41) is 3.48. The molecule has 0 bridgehead atoms. The van der Waals surface area contributed by atoms with Crippen LogP contribution in [0.25, 0.3) is 0 Å². The molecule has 1 fully saturated rings. The van der Waals surface area contributed by atoms with E-state index in [-0.39, 0.29) is 6.03 Å². The second-order valence-electron chi connectivity index (χ2n) is 7.13. The average Bonchev–Trinajstić information content (AvgIpc) is 3.23. The number of carbonyl (C=O) groups excluding carboxylic acids is 1. The molecule has 1 aromatic heterocycles. The van der Waals surface area contributed by atoms with Crippen LogP contribution in [0.3, 0.4) is 0 Å². The number of anilines is 2. The van der Waals surface area contributed by atoms with Gasteiger partial charge in [0.15, 0.2) is 0 Å². The summed E-state index contributed by atoms with van der Waals surface area (Å²) in [6, 6.07) is 14.1. The van der Waals surface area contributed by atoms with Crippen LogP contribution in [0, 0.1) is 0 Å². The number of aromatic nitrogens is 2. The molecule has 1 aliphatic rings. The lowest BCUT2D eigenvalue weighted by Gasteiger charge is -2.34. The van der Waals surface area contributed by atoms with Crippen LogP contribution in [0.5, 0.6) is 0 Å². The Morgan fingerprint density at radius 2 is 1.68 bits per heavy atom. The number of urea groups is 1. The van der Waals surface area contributed by atoms with E-state index < -0.39 is 11.7 Å². The van der Waals surface area contributed by atoms with Crippen molar-refractivity contribution in [3.8, 4) is 0 Å². The highest BCUT2D eigenvalue weighted by Crippen LogP contribution is 2.30. The molecule has 0 aliphatic carbocycles. The van der Waals surface area contributed by atoms with Gasteiger partial charge in [-0.2, -0.15) is 17.5 Å². The third-order valence-corrected chi connectivity index (χ3v) is 5.78. The van der Waals surface area contributed by atoms with Gasteiger partial charge in [-0.05, 0) is 29.8 Å². The van der Waals surface area contributed by atoms with E-state index in [9.17, 15) is 18.0 Å². The quantitative estimate of drug-likeness (QED) is 0.640. The zero-order valence-corrected chi connectivity index (χ0v) is 17.3. The predicted octanol–water partition coefficient (Wildman–Crippen LogP) is 4.50. The second kappa shape index (κ2) is 8.93. The van der Waals surface area contributed by atoms with E-state index in [0.717, 1.165) is 28.7 Å². The van der Waals surface area contributed by atoms with Gasteiger partial charge in [0, 0.05) is 49.8 Å². The van der Waals surface area contributed by atoms with Crippen molar-refractivity contribution in [3.05, 3.63) is 71.5 Å². The number of carbonyl (C=O) groups is 1. The summed E-state index contributed by atoms with van der Waals surface area (Å²) in [7, 11) is 0. The van der Waals surface area contributed by atoms with Crippen molar-refractivity contribution in [2.24, 2.45) is 0 Å². The van der Waals surface area contributed by atoms with Crippen LogP contribution in [0.1, 0.15) is 17.0 Å². The highest BCUT2D eigenvalue weighted by molar-refractivity contribution is 7.09. The van der Waals surface area contributed by atoms with E-state index in [1.807, 2.05) is 30.3 Å². The number of hydrogen-bond acceptors (Lipinski definition) is 5. The Balaban J connectivity index is 1.29. The molecule has 0 spiro atoms. The maximum Gasteiger partial charge on any atom is 0.416 e. The summed E-state index contributed by atoms with van der Waals surface area (Å²) in [5.41, 5.74) is 0.731. The molecule has 1 N–H and O–H groups in total. The van der Waals surface area contributed by atoms with Gasteiger partial charge in [-0.15, -0.1) is 0 Å². The number of nitrogens with zero attached hydrogens (tertiary/aromatic N) is 4. The first-order chi connectivity index (χ1) is 14.9. The summed E-state index contributed by atoms with van der Waals surface area (Å²) < 4.78 is 42.4. The molecule has 0 radical (unpaired) electrons. The number of benzene rings is 2. The molecule has 2 heterocycles. The van der Waals surface area contributed by atoms with Gasteiger partial charge in [0.1, 0.15) is 5.82 Å². The van der Waals surface area contributed by atoms with Crippen LogP contribution in [0.2, 0.25) is 0 Å². The normalized spacial score (nSPS) is 14.5. The molecule has 0 saturated carbocycles. The molecule has 162 valence electrons. The van der Waals surface area contributed by atoms with Crippen molar-refractivity contribution < 1.29 is 18.0 Å². The molecule has 3 aromatic rings. The molecule has 31 heavy (non-hydrogen) atoms. The Bertz CT molecular complexity index is 1020.